The van der Waals surface area contributed by atoms with Gasteiger partial charge in [0.15, 0.2) is 11.5 Å². The van der Waals surface area contributed by atoms with Crippen molar-refractivity contribution in [2.24, 2.45) is 0 Å². The van der Waals surface area contributed by atoms with E-state index in [1.165, 1.54) is 6.08 Å². The molecule has 1 N–H and O–H groups in total. The largest absolute Gasteiger partial charge is 0.504 e. The SMILES string of the molecule is CN1CC[C@]23c4c5ccc(O)c4O[C@H]2[C@H](N(C)C(=O)/C=C/c2ccoc2)CC[C@@]3([N+](=O)[O-])[C@H]1C5. The summed E-state index contributed by atoms with van der Waals surface area (Å²) >= 11 is 0. The zero-order valence-electron chi connectivity index (χ0n) is 19.1. The van der Waals surface area contributed by atoms with Gasteiger partial charge in [-0.25, -0.2) is 0 Å². The Labute approximate surface area is 196 Å². The van der Waals surface area contributed by atoms with Crippen molar-refractivity contribution >= 4 is 12.0 Å². The number of carbonyl (C=O) groups excluding carboxylic acids is 1. The van der Waals surface area contributed by atoms with Crippen LogP contribution in [0.3, 0.4) is 0 Å². The van der Waals surface area contributed by atoms with Gasteiger partial charge in [0.05, 0.1) is 24.6 Å². The van der Waals surface area contributed by atoms with Crippen LogP contribution < -0.4 is 4.74 Å². The Hall–Kier alpha value is -3.33. The second-order valence-corrected chi connectivity index (χ2v) is 10.0. The van der Waals surface area contributed by atoms with Gasteiger partial charge in [-0.2, -0.15) is 0 Å². The number of nitrogens with zero attached hydrogens (tertiary/aromatic N) is 3. The quantitative estimate of drug-likeness (QED) is 0.420. The van der Waals surface area contributed by atoms with Gasteiger partial charge in [0.1, 0.15) is 11.5 Å². The minimum absolute atomic E-state index is 0.00438. The van der Waals surface area contributed by atoms with Gasteiger partial charge in [-0.15, -0.1) is 0 Å². The molecule has 1 saturated heterocycles. The lowest BCUT2D eigenvalue weighted by atomic mass is 9.47. The molecule has 2 aromatic rings. The maximum Gasteiger partial charge on any atom is 0.251 e. The van der Waals surface area contributed by atoms with E-state index >= 15 is 0 Å². The van der Waals surface area contributed by atoms with Crippen molar-refractivity contribution in [3.8, 4) is 11.5 Å². The first-order valence-corrected chi connectivity index (χ1v) is 11.6. The van der Waals surface area contributed by atoms with Gasteiger partial charge in [-0.3, -0.25) is 19.8 Å². The van der Waals surface area contributed by atoms with Crippen molar-refractivity contribution in [1.29, 1.82) is 0 Å². The fourth-order valence-electron chi connectivity index (χ4n) is 7.32. The number of amides is 1. The first kappa shape index (κ1) is 21.2. The number of aromatic hydroxyl groups is 1. The summed E-state index contributed by atoms with van der Waals surface area (Å²) in [5, 5.41) is 23.6. The molecule has 1 aromatic heterocycles. The Morgan fingerprint density at radius 3 is 2.91 bits per heavy atom. The summed E-state index contributed by atoms with van der Waals surface area (Å²) in [5.74, 6) is 0.156. The monoisotopic (exact) mass is 465 g/mol. The molecule has 1 amide bonds. The second-order valence-electron chi connectivity index (χ2n) is 10.0. The summed E-state index contributed by atoms with van der Waals surface area (Å²) in [5.41, 5.74) is 0.433. The molecule has 2 fully saturated rings. The molecule has 4 aliphatic rings. The van der Waals surface area contributed by atoms with Gasteiger partial charge in [0.25, 0.3) is 5.54 Å². The van der Waals surface area contributed by atoms with E-state index < -0.39 is 17.1 Å². The standard InChI is InChI=1S/C25H27N3O6/c1-26-11-10-24-21-16-4-5-18(29)22(21)34-23(24)17(7-9-25(24,28(31)32)19(26)13-16)27(2)20(30)6-3-15-8-12-33-14-15/h3-6,8,12,14,17,19,23,29H,7,9-11,13H2,1-2H3/b6-3+/t17-,19-,23+,24+,25-/m1/s1. The number of nitro groups is 1. The van der Waals surface area contributed by atoms with Gasteiger partial charge in [-0.05, 0) is 56.6 Å². The van der Waals surface area contributed by atoms with Crippen LogP contribution in [0.2, 0.25) is 0 Å². The van der Waals surface area contributed by atoms with Crippen LogP contribution in [0.5, 0.6) is 11.5 Å². The van der Waals surface area contributed by atoms with E-state index in [0.29, 0.717) is 38.0 Å². The van der Waals surface area contributed by atoms with E-state index in [4.69, 9.17) is 9.15 Å². The Kier molecular flexibility index (Phi) is 4.42. The number of hydrogen-bond donors (Lipinski definition) is 1. The maximum absolute atomic E-state index is 13.1. The molecule has 178 valence electrons. The molecule has 9 heteroatoms. The topological polar surface area (TPSA) is 109 Å². The van der Waals surface area contributed by atoms with Gasteiger partial charge >= 0.3 is 0 Å². The molecule has 2 aliphatic carbocycles. The van der Waals surface area contributed by atoms with Crippen molar-refractivity contribution in [3.63, 3.8) is 0 Å². The lowest BCUT2D eigenvalue weighted by Crippen LogP contribution is -2.80. The number of phenols is 1. The third kappa shape index (κ3) is 2.45. The summed E-state index contributed by atoms with van der Waals surface area (Å²) in [4.78, 5) is 29.7. The van der Waals surface area contributed by atoms with Crippen molar-refractivity contribution in [2.75, 3.05) is 20.6 Å². The number of benzene rings is 1. The van der Waals surface area contributed by atoms with E-state index in [2.05, 4.69) is 4.90 Å². The van der Waals surface area contributed by atoms with Gasteiger partial charge in [-0.1, -0.05) is 6.07 Å². The first-order valence-electron chi connectivity index (χ1n) is 11.6. The molecule has 1 saturated carbocycles. The zero-order chi connectivity index (χ0) is 23.8. The highest BCUT2D eigenvalue weighted by molar-refractivity contribution is 5.91. The third-order valence-electron chi connectivity index (χ3n) is 8.83. The Balaban J connectivity index is 1.46. The summed E-state index contributed by atoms with van der Waals surface area (Å²) < 4.78 is 11.5. The fourth-order valence-corrected chi connectivity index (χ4v) is 7.32. The number of rotatable bonds is 4. The highest BCUT2D eigenvalue weighted by Crippen LogP contribution is 2.66. The number of phenolic OH excluding ortho intramolecular Hbond substituents is 1. The molecule has 5 atom stereocenters. The van der Waals surface area contributed by atoms with E-state index in [1.807, 2.05) is 13.1 Å². The average Bonchev–Trinajstić information content (AvgIpc) is 3.46. The van der Waals surface area contributed by atoms with Gasteiger partial charge < -0.3 is 19.2 Å². The van der Waals surface area contributed by atoms with E-state index in [0.717, 1.165) is 16.7 Å². The minimum Gasteiger partial charge on any atom is -0.504 e. The summed E-state index contributed by atoms with van der Waals surface area (Å²) in [6, 6.07) is 4.62. The Bertz CT molecular complexity index is 1210. The predicted octanol–water partition coefficient (Wildman–Crippen LogP) is 2.59. The smallest absolute Gasteiger partial charge is 0.251 e. The molecule has 34 heavy (non-hydrogen) atoms. The van der Waals surface area contributed by atoms with Crippen LogP contribution >= 0.6 is 0 Å². The number of furan rings is 1. The van der Waals surface area contributed by atoms with Crippen molar-refractivity contribution < 1.29 is 24.0 Å². The van der Waals surface area contributed by atoms with Crippen LogP contribution in [0, 0.1) is 10.1 Å². The first-order chi connectivity index (χ1) is 16.3. The van der Waals surface area contributed by atoms with Crippen molar-refractivity contribution in [3.05, 3.63) is 63.6 Å². The van der Waals surface area contributed by atoms with Crippen LogP contribution in [0.1, 0.15) is 36.0 Å². The third-order valence-corrected chi connectivity index (χ3v) is 8.83. The minimum atomic E-state index is -1.23. The number of likely N-dealkylation sites (tertiary alicyclic amines) is 1. The number of ether oxygens (including phenoxy) is 1. The average molecular weight is 466 g/mol. The lowest BCUT2D eigenvalue weighted by Gasteiger charge is -2.61. The lowest BCUT2D eigenvalue weighted by molar-refractivity contribution is -0.605. The van der Waals surface area contributed by atoms with Crippen molar-refractivity contribution in [2.45, 2.75) is 54.8 Å². The predicted molar refractivity (Wildman–Crippen MR) is 122 cm³/mol. The van der Waals surface area contributed by atoms with E-state index in [1.54, 1.807) is 42.7 Å². The zero-order valence-corrected chi connectivity index (χ0v) is 19.1. The number of hydrogen-bond acceptors (Lipinski definition) is 7. The Morgan fingerprint density at radius 2 is 2.18 bits per heavy atom. The second kappa shape index (κ2) is 7.09. The maximum atomic E-state index is 13.1. The van der Waals surface area contributed by atoms with Crippen LogP contribution in [0.25, 0.3) is 6.08 Å². The molecular weight excluding hydrogens is 438 g/mol. The van der Waals surface area contributed by atoms with Crippen molar-refractivity contribution in [1.82, 2.24) is 9.80 Å². The van der Waals surface area contributed by atoms with Crippen LogP contribution in [0.15, 0.2) is 41.2 Å². The van der Waals surface area contributed by atoms with E-state index in [-0.39, 0.29) is 28.7 Å². The van der Waals surface area contributed by atoms with Gasteiger partial charge in [0, 0.05) is 35.6 Å². The molecular formula is C25H27N3O6. The number of piperidine rings is 1. The molecule has 2 bridgehead atoms. The highest BCUT2D eigenvalue weighted by atomic mass is 16.6. The highest BCUT2D eigenvalue weighted by Gasteiger charge is 2.80. The molecule has 2 aliphatic heterocycles. The fraction of sp³-hybridized carbons (Fsp3) is 0.480. The molecule has 3 heterocycles. The van der Waals surface area contributed by atoms with E-state index in [9.17, 15) is 20.0 Å². The Morgan fingerprint density at radius 1 is 1.35 bits per heavy atom. The number of carbonyl (C=O) groups is 1. The molecule has 0 radical (unpaired) electrons. The summed E-state index contributed by atoms with van der Waals surface area (Å²) in [6.45, 7) is 0.694. The molecule has 1 aromatic carbocycles. The normalized spacial score (nSPS) is 33.4. The van der Waals surface area contributed by atoms with Gasteiger partial charge in [0.2, 0.25) is 5.91 Å². The van der Waals surface area contributed by atoms with Crippen LogP contribution in [-0.2, 0) is 16.6 Å². The number of likely N-dealkylation sites (N-methyl/N-ethyl adjacent to an activating group) is 2. The molecule has 6 rings (SSSR count). The summed E-state index contributed by atoms with van der Waals surface area (Å²) in [7, 11) is 3.69. The summed E-state index contributed by atoms with van der Waals surface area (Å²) in [6.07, 6.45) is 7.53. The molecule has 0 unspecified atom stereocenters. The van der Waals surface area contributed by atoms with Crippen LogP contribution in [-0.4, -0.2) is 70.1 Å². The van der Waals surface area contributed by atoms with Crippen LogP contribution in [0.4, 0.5) is 0 Å². The molecule has 1 spiro atoms. The molecule has 9 nitrogen and oxygen atoms in total.